The van der Waals surface area contributed by atoms with Crippen LogP contribution in [0.3, 0.4) is 0 Å². The minimum atomic E-state index is -3.75. The van der Waals surface area contributed by atoms with Crippen LogP contribution in [0, 0.1) is 6.92 Å². The van der Waals surface area contributed by atoms with E-state index in [1.165, 1.54) is 12.1 Å². The summed E-state index contributed by atoms with van der Waals surface area (Å²) >= 11 is 0. The zero-order chi connectivity index (χ0) is 17.3. The fourth-order valence-corrected chi connectivity index (χ4v) is 2.76. The van der Waals surface area contributed by atoms with Crippen LogP contribution in [0.15, 0.2) is 29.2 Å². The van der Waals surface area contributed by atoms with Gasteiger partial charge in [-0.05, 0) is 39.3 Å². The molecule has 6 nitrogen and oxygen atoms in total. The summed E-state index contributed by atoms with van der Waals surface area (Å²) in [6.45, 7) is 6.30. The Bertz CT molecular complexity index is 583. The van der Waals surface area contributed by atoms with E-state index in [2.05, 4.69) is 5.32 Å². The number of carbonyl (C=O) groups excluding carboxylic acids is 1. The molecule has 0 aliphatic rings. The molecule has 0 heterocycles. The van der Waals surface area contributed by atoms with Crippen molar-refractivity contribution in [2.45, 2.75) is 44.6 Å². The first-order valence-electron chi connectivity index (χ1n) is 7.69. The number of hydrogen-bond donors (Lipinski definition) is 1. The van der Waals surface area contributed by atoms with Crippen LogP contribution >= 0.6 is 0 Å². The minimum Gasteiger partial charge on any atom is -0.376 e. The number of benzene rings is 1. The lowest BCUT2D eigenvalue weighted by Gasteiger charge is -2.13. The highest BCUT2D eigenvalue weighted by Crippen LogP contribution is 2.13. The number of hydrogen-bond acceptors (Lipinski definition) is 5. The molecule has 0 saturated heterocycles. The number of nitrogens with one attached hydrogen (secondary N) is 1. The third-order valence-corrected chi connectivity index (χ3v) is 4.51. The van der Waals surface area contributed by atoms with Crippen molar-refractivity contribution in [3.05, 3.63) is 29.8 Å². The van der Waals surface area contributed by atoms with Crippen molar-refractivity contribution in [2.75, 3.05) is 19.8 Å². The van der Waals surface area contributed by atoms with Crippen LogP contribution < -0.4 is 5.32 Å². The summed E-state index contributed by atoms with van der Waals surface area (Å²) < 4.78 is 34.3. The lowest BCUT2D eigenvalue weighted by molar-refractivity contribution is -0.121. The quantitative estimate of drug-likeness (QED) is 0.519. The number of rotatable bonds is 10. The SMILES string of the molecule is CCNC(=O)CC[C@@H](C)OCCOS(=O)(=O)c1ccc(C)cc1. The highest BCUT2D eigenvalue weighted by molar-refractivity contribution is 7.86. The normalized spacial score (nSPS) is 12.8. The molecule has 0 saturated carbocycles. The van der Waals surface area contributed by atoms with E-state index in [4.69, 9.17) is 8.92 Å². The average molecular weight is 343 g/mol. The Morgan fingerprint density at radius 3 is 2.48 bits per heavy atom. The van der Waals surface area contributed by atoms with Gasteiger partial charge < -0.3 is 10.1 Å². The molecule has 0 aromatic heterocycles. The van der Waals surface area contributed by atoms with E-state index in [0.29, 0.717) is 19.4 Å². The van der Waals surface area contributed by atoms with Crippen molar-refractivity contribution >= 4 is 16.0 Å². The van der Waals surface area contributed by atoms with Gasteiger partial charge in [0.2, 0.25) is 5.91 Å². The Balaban J connectivity index is 2.28. The maximum Gasteiger partial charge on any atom is 0.297 e. The maximum absolute atomic E-state index is 11.9. The number of aryl methyl sites for hydroxylation is 1. The average Bonchev–Trinajstić information content (AvgIpc) is 2.50. The van der Waals surface area contributed by atoms with Gasteiger partial charge in [0.25, 0.3) is 10.1 Å². The molecular weight excluding hydrogens is 318 g/mol. The maximum atomic E-state index is 11.9. The predicted molar refractivity (Wildman–Crippen MR) is 87.6 cm³/mol. The van der Waals surface area contributed by atoms with Gasteiger partial charge in [-0.2, -0.15) is 8.42 Å². The van der Waals surface area contributed by atoms with E-state index in [1.807, 2.05) is 20.8 Å². The van der Waals surface area contributed by atoms with Gasteiger partial charge in [0.1, 0.15) is 0 Å². The molecule has 0 aliphatic heterocycles. The topological polar surface area (TPSA) is 81.7 Å². The third-order valence-electron chi connectivity index (χ3n) is 3.19. The second-order valence-electron chi connectivity index (χ2n) is 5.26. The number of ether oxygens (including phenoxy) is 1. The Morgan fingerprint density at radius 1 is 1.22 bits per heavy atom. The molecule has 1 aromatic carbocycles. The van der Waals surface area contributed by atoms with Gasteiger partial charge in [0, 0.05) is 13.0 Å². The molecule has 1 rings (SSSR count). The molecule has 1 amide bonds. The van der Waals surface area contributed by atoms with E-state index in [9.17, 15) is 13.2 Å². The van der Waals surface area contributed by atoms with Crippen molar-refractivity contribution in [2.24, 2.45) is 0 Å². The predicted octanol–water partition coefficient (Wildman–Crippen LogP) is 2.02. The van der Waals surface area contributed by atoms with Gasteiger partial charge >= 0.3 is 0 Å². The molecule has 1 atom stereocenters. The van der Waals surface area contributed by atoms with Crippen LogP contribution in [-0.4, -0.2) is 40.2 Å². The van der Waals surface area contributed by atoms with Crippen LogP contribution in [0.25, 0.3) is 0 Å². The van der Waals surface area contributed by atoms with Gasteiger partial charge in [-0.1, -0.05) is 17.7 Å². The molecule has 1 aromatic rings. The fraction of sp³-hybridized carbons (Fsp3) is 0.562. The molecule has 130 valence electrons. The molecule has 0 spiro atoms. The largest absolute Gasteiger partial charge is 0.376 e. The molecule has 0 aliphatic carbocycles. The Labute approximate surface area is 138 Å². The van der Waals surface area contributed by atoms with Crippen molar-refractivity contribution in [1.29, 1.82) is 0 Å². The summed E-state index contributed by atoms with van der Waals surface area (Å²) in [5.41, 5.74) is 0.980. The van der Waals surface area contributed by atoms with Crippen LogP contribution in [0.4, 0.5) is 0 Å². The second kappa shape index (κ2) is 9.64. The van der Waals surface area contributed by atoms with Crippen LogP contribution in [0.5, 0.6) is 0 Å². The van der Waals surface area contributed by atoms with Gasteiger partial charge in [0.05, 0.1) is 24.2 Å². The van der Waals surface area contributed by atoms with Gasteiger partial charge in [-0.3, -0.25) is 8.98 Å². The standard InChI is InChI=1S/C16H25NO5S/c1-4-17-16(18)10-7-14(3)21-11-12-22-23(19,20)15-8-5-13(2)6-9-15/h5-6,8-9,14H,4,7,10-12H2,1-3H3,(H,17,18)/t14-/m1/s1. The summed E-state index contributed by atoms with van der Waals surface area (Å²) in [5.74, 6) is -0.0128. The molecule has 0 bridgehead atoms. The van der Waals surface area contributed by atoms with E-state index >= 15 is 0 Å². The fourth-order valence-electron chi connectivity index (χ4n) is 1.87. The van der Waals surface area contributed by atoms with Crippen LogP contribution in [-0.2, 0) is 23.8 Å². The Hall–Kier alpha value is -1.44. The van der Waals surface area contributed by atoms with Crippen LogP contribution in [0.1, 0.15) is 32.3 Å². The molecule has 0 unspecified atom stereocenters. The number of carbonyl (C=O) groups is 1. The van der Waals surface area contributed by atoms with Gasteiger partial charge in [-0.25, -0.2) is 0 Å². The highest BCUT2D eigenvalue weighted by Gasteiger charge is 2.15. The first-order chi connectivity index (χ1) is 10.8. The summed E-state index contributed by atoms with van der Waals surface area (Å²) in [7, 11) is -3.75. The van der Waals surface area contributed by atoms with E-state index in [0.717, 1.165) is 5.56 Å². The van der Waals surface area contributed by atoms with Gasteiger partial charge in [-0.15, -0.1) is 0 Å². The minimum absolute atomic E-state index is 0.0128. The Morgan fingerprint density at radius 2 is 1.87 bits per heavy atom. The lowest BCUT2D eigenvalue weighted by Crippen LogP contribution is -2.24. The number of amides is 1. The van der Waals surface area contributed by atoms with E-state index in [-0.39, 0.29) is 30.1 Å². The molecule has 7 heteroatoms. The summed E-state index contributed by atoms with van der Waals surface area (Å²) in [6.07, 6.45) is 0.830. The van der Waals surface area contributed by atoms with E-state index < -0.39 is 10.1 Å². The molecule has 0 radical (unpaired) electrons. The molecular formula is C16H25NO5S. The van der Waals surface area contributed by atoms with Crippen molar-refractivity contribution in [3.8, 4) is 0 Å². The molecule has 1 N–H and O–H groups in total. The second-order valence-corrected chi connectivity index (χ2v) is 6.88. The summed E-state index contributed by atoms with van der Waals surface area (Å²) in [4.78, 5) is 11.5. The first kappa shape index (κ1) is 19.6. The smallest absolute Gasteiger partial charge is 0.297 e. The van der Waals surface area contributed by atoms with E-state index in [1.54, 1.807) is 12.1 Å². The Kier molecular flexibility index (Phi) is 8.22. The summed E-state index contributed by atoms with van der Waals surface area (Å²) in [6, 6.07) is 6.47. The van der Waals surface area contributed by atoms with Crippen LogP contribution in [0.2, 0.25) is 0 Å². The first-order valence-corrected chi connectivity index (χ1v) is 9.10. The van der Waals surface area contributed by atoms with Crippen molar-refractivity contribution in [1.82, 2.24) is 5.32 Å². The lowest BCUT2D eigenvalue weighted by atomic mass is 10.2. The zero-order valence-electron chi connectivity index (χ0n) is 13.9. The third kappa shape index (κ3) is 7.58. The van der Waals surface area contributed by atoms with Crippen molar-refractivity contribution < 1.29 is 22.1 Å². The zero-order valence-corrected chi connectivity index (χ0v) is 14.7. The molecule has 0 fully saturated rings. The summed E-state index contributed by atoms with van der Waals surface area (Å²) in [5, 5.41) is 2.71. The van der Waals surface area contributed by atoms with Gasteiger partial charge in [0.15, 0.2) is 0 Å². The molecule has 23 heavy (non-hydrogen) atoms. The van der Waals surface area contributed by atoms with Crippen molar-refractivity contribution in [3.63, 3.8) is 0 Å². The highest BCUT2D eigenvalue weighted by atomic mass is 32.2. The monoisotopic (exact) mass is 343 g/mol.